The second-order valence-corrected chi connectivity index (χ2v) is 10.5. The lowest BCUT2D eigenvalue weighted by atomic mass is 10.0. The number of piperidine rings is 1. The summed E-state index contributed by atoms with van der Waals surface area (Å²) in [7, 11) is -3.29. The number of rotatable bonds is 6. The third-order valence-corrected chi connectivity index (χ3v) is 7.49. The van der Waals surface area contributed by atoms with Crippen LogP contribution in [0.15, 0.2) is 48.5 Å². The molecule has 0 unspecified atom stereocenters. The molecule has 0 aliphatic carbocycles. The smallest absolute Gasteiger partial charge is 0.322 e. The molecule has 2 amide bonds. The fourth-order valence-corrected chi connectivity index (χ4v) is 5.72. The average Bonchev–Trinajstić information content (AvgIpc) is 3.20. The predicted octanol–water partition coefficient (Wildman–Crippen LogP) is 3.21. The van der Waals surface area contributed by atoms with Crippen molar-refractivity contribution in [1.82, 2.24) is 10.2 Å². The fourth-order valence-electron chi connectivity index (χ4n) is 4.76. The van der Waals surface area contributed by atoms with Crippen LogP contribution < -0.4 is 14.5 Å². The van der Waals surface area contributed by atoms with Crippen LogP contribution in [0.25, 0.3) is 0 Å². The van der Waals surface area contributed by atoms with Gasteiger partial charge in [-0.25, -0.2) is 13.2 Å². The third-order valence-electron chi connectivity index (χ3n) is 6.31. The van der Waals surface area contributed by atoms with Crippen molar-refractivity contribution in [2.75, 3.05) is 41.6 Å². The van der Waals surface area contributed by atoms with Gasteiger partial charge in [-0.15, -0.1) is 0 Å². The summed E-state index contributed by atoms with van der Waals surface area (Å²) in [5.74, 6) is 0. The molecule has 2 aromatic carbocycles. The number of carbonyl (C=O) groups excluding carboxylic acids is 1. The maximum Gasteiger partial charge on any atom is 0.322 e. The largest absolute Gasteiger partial charge is 0.338 e. The first-order valence-electron chi connectivity index (χ1n) is 11.3. The summed E-state index contributed by atoms with van der Waals surface area (Å²) >= 11 is 0. The molecule has 0 bridgehead atoms. The van der Waals surface area contributed by atoms with E-state index in [1.165, 1.54) is 16.1 Å². The highest BCUT2D eigenvalue weighted by atomic mass is 32.2. The molecule has 0 radical (unpaired) electrons. The Balaban J connectivity index is 1.51. The lowest BCUT2D eigenvalue weighted by Crippen LogP contribution is -2.51. The van der Waals surface area contributed by atoms with Gasteiger partial charge < -0.3 is 5.32 Å². The fraction of sp³-hybridized carbons (Fsp3) is 0.458. The molecule has 1 saturated heterocycles. The number of hydrogen-bond donors (Lipinski definition) is 1. The Morgan fingerprint density at radius 3 is 2.47 bits per heavy atom. The maximum atomic E-state index is 13.0. The van der Waals surface area contributed by atoms with Crippen molar-refractivity contribution in [2.45, 2.75) is 38.8 Å². The van der Waals surface area contributed by atoms with Gasteiger partial charge in [-0.2, -0.15) is 0 Å². The first-order chi connectivity index (χ1) is 15.4. The van der Waals surface area contributed by atoms with Gasteiger partial charge in [-0.05, 0) is 55.5 Å². The first-order valence-corrected chi connectivity index (χ1v) is 13.2. The molecule has 2 heterocycles. The molecule has 1 N–H and O–H groups in total. The van der Waals surface area contributed by atoms with Gasteiger partial charge in [0.05, 0.1) is 11.9 Å². The molecule has 7 nitrogen and oxygen atoms in total. The van der Waals surface area contributed by atoms with Crippen molar-refractivity contribution < 1.29 is 13.2 Å². The van der Waals surface area contributed by atoms with Crippen LogP contribution in [0.3, 0.4) is 0 Å². The lowest BCUT2D eigenvalue weighted by Gasteiger charge is -2.38. The second kappa shape index (κ2) is 9.50. The maximum absolute atomic E-state index is 13.0. The van der Waals surface area contributed by atoms with Crippen molar-refractivity contribution in [1.29, 1.82) is 0 Å². The number of nitrogens with one attached hydrogen (secondary N) is 1. The van der Waals surface area contributed by atoms with E-state index in [1.807, 2.05) is 36.1 Å². The van der Waals surface area contributed by atoms with Gasteiger partial charge in [0.15, 0.2) is 0 Å². The second-order valence-electron chi connectivity index (χ2n) is 8.60. The van der Waals surface area contributed by atoms with E-state index in [0.717, 1.165) is 49.4 Å². The summed E-state index contributed by atoms with van der Waals surface area (Å²) in [5, 5.41) is 2.96. The number of fused-ring (bicyclic) bond motifs is 1. The standard InChI is InChI=1S/C24H32N4O3S/c1-3-25-24(29)28(21-12-14-26(15-13-21)18-19-7-5-4-6-8-19)22-9-10-23-20(17-22)11-16-27(23)32(2,30)31/h4-10,17,21H,3,11-16,18H2,1-2H3,(H,25,29). The number of anilines is 2. The monoisotopic (exact) mass is 456 g/mol. The molecule has 0 atom stereocenters. The van der Waals surface area contributed by atoms with Crippen LogP contribution in [0.2, 0.25) is 0 Å². The van der Waals surface area contributed by atoms with E-state index in [0.29, 0.717) is 19.5 Å². The van der Waals surface area contributed by atoms with Gasteiger partial charge in [0.25, 0.3) is 0 Å². The summed E-state index contributed by atoms with van der Waals surface area (Å²) < 4.78 is 25.6. The zero-order chi connectivity index (χ0) is 22.7. The van der Waals surface area contributed by atoms with E-state index in [-0.39, 0.29) is 12.1 Å². The van der Waals surface area contributed by atoms with Gasteiger partial charge >= 0.3 is 6.03 Å². The van der Waals surface area contributed by atoms with E-state index in [1.54, 1.807) is 0 Å². The number of nitrogens with zero attached hydrogens (tertiary/aromatic N) is 3. The van der Waals surface area contributed by atoms with Gasteiger partial charge in [-0.1, -0.05) is 30.3 Å². The zero-order valence-corrected chi connectivity index (χ0v) is 19.6. The molecule has 2 aromatic rings. The normalized spacial score (nSPS) is 17.2. The Hall–Kier alpha value is -2.58. The number of sulfonamides is 1. The van der Waals surface area contributed by atoms with Gasteiger partial charge in [0, 0.05) is 44.5 Å². The Morgan fingerprint density at radius 2 is 1.81 bits per heavy atom. The van der Waals surface area contributed by atoms with Crippen LogP contribution in [0.5, 0.6) is 0 Å². The number of likely N-dealkylation sites (tertiary alicyclic amines) is 1. The van der Waals surface area contributed by atoms with E-state index < -0.39 is 10.0 Å². The van der Waals surface area contributed by atoms with Crippen LogP contribution in [0.4, 0.5) is 16.2 Å². The molecule has 8 heteroatoms. The van der Waals surface area contributed by atoms with Crippen LogP contribution in [-0.2, 0) is 23.0 Å². The van der Waals surface area contributed by atoms with Crippen molar-refractivity contribution in [2.24, 2.45) is 0 Å². The molecule has 0 saturated carbocycles. The number of hydrogen-bond acceptors (Lipinski definition) is 4. The summed E-state index contributed by atoms with van der Waals surface area (Å²) in [4.78, 5) is 17.4. The summed E-state index contributed by atoms with van der Waals surface area (Å²) in [6.07, 6.45) is 3.70. The molecule has 4 rings (SSSR count). The van der Waals surface area contributed by atoms with Crippen molar-refractivity contribution in [3.63, 3.8) is 0 Å². The van der Waals surface area contributed by atoms with Crippen molar-refractivity contribution in [3.05, 3.63) is 59.7 Å². The van der Waals surface area contributed by atoms with Gasteiger partial charge in [0.1, 0.15) is 0 Å². The lowest BCUT2D eigenvalue weighted by molar-refractivity contribution is 0.197. The minimum atomic E-state index is -3.29. The highest BCUT2D eigenvalue weighted by molar-refractivity contribution is 7.92. The molecule has 1 fully saturated rings. The number of urea groups is 1. The molecule has 0 aromatic heterocycles. The Morgan fingerprint density at radius 1 is 1.09 bits per heavy atom. The summed E-state index contributed by atoms with van der Waals surface area (Å²) in [6.45, 7) is 5.73. The van der Waals surface area contributed by atoms with Crippen LogP contribution in [0.1, 0.15) is 30.9 Å². The van der Waals surface area contributed by atoms with E-state index in [2.05, 4.69) is 34.5 Å². The third kappa shape index (κ3) is 4.91. The van der Waals surface area contributed by atoms with Crippen LogP contribution >= 0.6 is 0 Å². The Labute approximate surface area is 191 Å². The molecule has 2 aliphatic rings. The minimum absolute atomic E-state index is 0.0908. The molecular weight excluding hydrogens is 424 g/mol. The highest BCUT2D eigenvalue weighted by Crippen LogP contribution is 2.35. The summed E-state index contributed by atoms with van der Waals surface area (Å²) in [5.41, 5.74) is 3.85. The van der Waals surface area contributed by atoms with Gasteiger partial charge in [0.2, 0.25) is 10.0 Å². The molecule has 0 spiro atoms. The molecular formula is C24H32N4O3S. The number of amides is 2. The minimum Gasteiger partial charge on any atom is -0.338 e. The molecule has 2 aliphatic heterocycles. The van der Waals surface area contributed by atoms with E-state index >= 15 is 0 Å². The molecule has 32 heavy (non-hydrogen) atoms. The first kappa shape index (κ1) is 22.6. The average molecular weight is 457 g/mol. The summed E-state index contributed by atoms with van der Waals surface area (Å²) in [6, 6.07) is 16.2. The van der Waals surface area contributed by atoms with Crippen molar-refractivity contribution in [3.8, 4) is 0 Å². The SMILES string of the molecule is CCNC(=O)N(c1ccc2c(c1)CCN2S(C)(=O)=O)C1CCN(Cc2ccccc2)CC1. The topological polar surface area (TPSA) is 73.0 Å². The van der Waals surface area contributed by atoms with E-state index in [9.17, 15) is 13.2 Å². The Bertz CT molecular complexity index is 1050. The predicted molar refractivity (Wildman–Crippen MR) is 129 cm³/mol. The quantitative estimate of drug-likeness (QED) is 0.725. The zero-order valence-electron chi connectivity index (χ0n) is 18.8. The molecule has 172 valence electrons. The Kier molecular flexibility index (Phi) is 6.71. The van der Waals surface area contributed by atoms with Gasteiger partial charge in [-0.3, -0.25) is 14.1 Å². The van der Waals surface area contributed by atoms with Crippen LogP contribution in [0, 0.1) is 0 Å². The number of benzene rings is 2. The number of carbonyl (C=O) groups is 1. The van der Waals surface area contributed by atoms with E-state index in [4.69, 9.17) is 0 Å². The van der Waals surface area contributed by atoms with Crippen molar-refractivity contribution >= 4 is 27.4 Å². The highest BCUT2D eigenvalue weighted by Gasteiger charge is 2.31. The van der Waals surface area contributed by atoms with Crippen LogP contribution in [-0.4, -0.2) is 57.8 Å².